The average molecular weight is 386 g/mol. The summed E-state index contributed by atoms with van der Waals surface area (Å²) in [7, 11) is 4.56. The third-order valence-electron chi connectivity index (χ3n) is 3.65. The summed E-state index contributed by atoms with van der Waals surface area (Å²) in [5.41, 5.74) is 1.01. The molecule has 0 unspecified atom stereocenters. The summed E-state index contributed by atoms with van der Waals surface area (Å²) in [6.45, 7) is 0. The van der Waals surface area contributed by atoms with Gasteiger partial charge in [0, 0.05) is 35.0 Å². The zero-order valence-corrected chi connectivity index (χ0v) is 15.8. The zero-order valence-electron chi connectivity index (χ0n) is 15.0. The van der Waals surface area contributed by atoms with Crippen LogP contribution in [0.4, 0.5) is 5.69 Å². The molecule has 0 spiro atoms. The van der Waals surface area contributed by atoms with E-state index in [1.54, 1.807) is 42.6 Å². The van der Waals surface area contributed by atoms with Gasteiger partial charge in [-0.3, -0.25) is 4.79 Å². The van der Waals surface area contributed by atoms with Gasteiger partial charge in [-0.1, -0.05) is 11.3 Å². The number of hydrogen-bond acceptors (Lipinski definition) is 7. The first-order chi connectivity index (χ1) is 13.1. The molecule has 0 bridgehead atoms. The normalized spacial score (nSPS) is 10.2. The first kappa shape index (κ1) is 18.5. The van der Waals surface area contributed by atoms with Crippen molar-refractivity contribution in [2.75, 3.05) is 26.6 Å². The lowest BCUT2D eigenvalue weighted by atomic mass is 10.2. The predicted octanol–water partition coefficient (Wildman–Crippen LogP) is 4.21. The number of carbonyl (C=O) groups excluding carboxylic acids is 1. The van der Waals surface area contributed by atoms with Crippen molar-refractivity contribution < 1.29 is 23.7 Å². The third-order valence-corrected chi connectivity index (χ3v) is 4.30. The van der Waals surface area contributed by atoms with Crippen LogP contribution in [0.1, 0.15) is 10.4 Å². The van der Waals surface area contributed by atoms with Crippen LogP contribution in [0.25, 0.3) is 0 Å². The van der Waals surface area contributed by atoms with E-state index in [0.717, 1.165) is 0 Å². The number of nitrogens with zero attached hydrogens (tertiary/aromatic N) is 1. The van der Waals surface area contributed by atoms with Gasteiger partial charge in [-0.25, -0.2) is 4.98 Å². The van der Waals surface area contributed by atoms with Gasteiger partial charge in [0.25, 0.3) is 11.1 Å². The molecule has 7 nitrogen and oxygen atoms in total. The molecule has 1 heterocycles. The Morgan fingerprint density at radius 1 is 1.00 bits per heavy atom. The van der Waals surface area contributed by atoms with Crippen molar-refractivity contribution in [2.24, 2.45) is 0 Å². The van der Waals surface area contributed by atoms with Gasteiger partial charge in [0.15, 0.2) is 11.5 Å². The molecule has 8 heteroatoms. The Balaban J connectivity index is 1.75. The maximum atomic E-state index is 12.5. The second-order valence-electron chi connectivity index (χ2n) is 5.29. The van der Waals surface area contributed by atoms with Crippen molar-refractivity contribution in [3.05, 3.63) is 53.5 Å². The van der Waals surface area contributed by atoms with Crippen molar-refractivity contribution in [1.29, 1.82) is 0 Å². The van der Waals surface area contributed by atoms with E-state index < -0.39 is 0 Å². The molecule has 27 heavy (non-hydrogen) atoms. The quantitative estimate of drug-likeness (QED) is 0.655. The summed E-state index contributed by atoms with van der Waals surface area (Å²) in [6.07, 6.45) is 1.67. The minimum Gasteiger partial charge on any atom is -0.493 e. The molecule has 0 aliphatic carbocycles. The fourth-order valence-electron chi connectivity index (χ4n) is 2.39. The number of aromatic nitrogens is 1. The molecular formula is C19H18N2O5S. The highest BCUT2D eigenvalue weighted by atomic mass is 32.1. The van der Waals surface area contributed by atoms with Gasteiger partial charge < -0.3 is 24.3 Å². The molecule has 0 atom stereocenters. The summed E-state index contributed by atoms with van der Waals surface area (Å²) in [6, 6.07) is 10.1. The standard InChI is InChI=1S/C19H18N2O5S/c1-23-15-10-13(11-16(24-2)17(15)25-3)21-18(22)12-4-6-14(7-5-12)26-19-20-8-9-27-19/h4-11H,1-3H3,(H,21,22). The number of methoxy groups -OCH3 is 3. The van der Waals surface area contributed by atoms with E-state index in [1.807, 2.05) is 5.38 Å². The van der Waals surface area contributed by atoms with Crippen LogP contribution in [0.5, 0.6) is 28.2 Å². The predicted molar refractivity (Wildman–Crippen MR) is 103 cm³/mol. The van der Waals surface area contributed by atoms with Crippen molar-refractivity contribution in [1.82, 2.24) is 4.98 Å². The van der Waals surface area contributed by atoms with Gasteiger partial charge in [-0.15, -0.1) is 0 Å². The number of carbonyl (C=O) groups is 1. The van der Waals surface area contributed by atoms with Crippen LogP contribution in [-0.2, 0) is 0 Å². The molecule has 1 N–H and O–H groups in total. The Morgan fingerprint density at radius 2 is 1.67 bits per heavy atom. The number of anilines is 1. The minimum absolute atomic E-state index is 0.273. The second kappa shape index (κ2) is 8.41. The second-order valence-corrected chi connectivity index (χ2v) is 6.15. The smallest absolute Gasteiger partial charge is 0.278 e. The number of hydrogen-bond donors (Lipinski definition) is 1. The number of benzene rings is 2. The first-order valence-corrected chi connectivity index (χ1v) is 8.81. The summed E-state index contributed by atoms with van der Waals surface area (Å²) < 4.78 is 21.5. The average Bonchev–Trinajstić information content (AvgIpc) is 3.20. The molecule has 0 saturated heterocycles. The van der Waals surface area contributed by atoms with Gasteiger partial charge >= 0.3 is 0 Å². The number of ether oxygens (including phenoxy) is 4. The summed E-state index contributed by atoms with van der Waals surface area (Å²) in [5, 5.41) is 5.19. The van der Waals surface area contributed by atoms with Crippen LogP contribution in [0.2, 0.25) is 0 Å². The molecule has 3 rings (SSSR count). The Hall–Kier alpha value is -3.26. The van der Waals surface area contributed by atoms with Crippen molar-refractivity contribution >= 4 is 22.9 Å². The fraction of sp³-hybridized carbons (Fsp3) is 0.158. The van der Waals surface area contributed by atoms with Crippen molar-refractivity contribution in [2.45, 2.75) is 0 Å². The lowest BCUT2D eigenvalue weighted by molar-refractivity contribution is 0.102. The van der Waals surface area contributed by atoms with E-state index in [-0.39, 0.29) is 5.91 Å². The molecule has 0 aliphatic rings. The molecular weight excluding hydrogens is 368 g/mol. The Labute approximate surface area is 160 Å². The van der Waals surface area contributed by atoms with Gasteiger partial charge in [0.05, 0.1) is 21.3 Å². The SMILES string of the molecule is COc1cc(NC(=O)c2ccc(Oc3nccs3)cc2)cc(OC)c1OC. The number of nitrogens with one attached hydrogen (secondary N) is 1. The van der Waals surface area contributed by atoms with E-state index in [9.17, 15) is 4.79 Å². The number of rotatable bonds is 7. The largest absolute Gasteiger partial charge is 0.493 e. The van der Waals surface area contributed by atoms with Gasteiger partial charge in [-0.05, 0) is 24.3 Å². The molecule has 0 radical (unpaired) electrons. The van der Waals surface area contributed by atoms with Crippen LogP contribution < -0.4 is 24.3 Å². The highest BCUT2D eigenvalue weighted by Gasteiger charge is 2.15. The molecule has 1 aromatic heterocycles. The van der Waals surface area contributed by atoms with E-state index in [0.29, 0.717) is 39.4 Å². The first-order valence-electron chi connectivity index (χ1n) is 7.93. The van der Waals surface area contributed by atoms with E-state index >= 15 is 0 Å². The maximum Gasteiger partial charge on any atom is 0.278 e. The fourth-order valence-corrected chi connectivity index (χ4v) is 2.90. The van der Waals surface area contributed by atoms with Crippen LogP contribution in [-0.4, -0.2) is 32.2 Å². The molecule has 140 valence electrons. The topological polar surface area (TPSA) is 78.9 Å². The molecule has 0 aliphatic heterocycles. The van der Waals surface area contributed by atoms with Gasteiger partial charge in [0.2, 0.25) is 5.75 Å². The van der Waals surface area contributed by atoms with Crippen LogP contribution >= 0.6 is 11.3 Å². The monoisotopic (exact) mass is 386 g/mol. The lowest BCUT2D eigenvalue weighted by Crippen LogP contribution is -2.12. The van der Waals surface area contributed by atoms with Gasteiger partial charge in [0.1, 0.15) is 5.75 Å². The molecule has 2 aromatic carbocycles. The number of amides is 1. The molecule has 3 aromatic rings. The Bertz CT molecular complexity index is 885. The third kappa shape index (κ3) is 4.29. The Kier molecular flexibility index (Phi) is 5.77. The van der Waals surface area contributed by atoms with Crippen LogP contribution in [0, 0.1) is 0 Å². The Morgan fingerprint density at radius 3 is 2.19 bits per heavy atom. The summed E-state index contributed by atoms with van der Waals surface area (Å²) >= 11 is 1.39. The van der Waals surface area contributed by atoms with E-state index in [1.165, 1.54) is 32.7 Å². The van der Waals surface area contributed by atoms with E-state index in [4.69, 9.17) is 18.9 Å². The molecule has 1 amide bonds. The van der Waals surface area contributed by atoms with Crippen molar-refractivity contribution in [3.63, 3.8) is 0 Å². The van der Waals surface area contributed by atoms with E-state index in [2.05, 4.69) is 10.3 Å². The molecule has 0 saturated carbocycles. The van der Waals surface area contributed by atoms with Crippen molar-refractivity contribution in [3.8, 4) is 28.2 Å². The van der Waals surface area contributed by atoms with Gasteiger partial charge in [-0.2, -0.15) is 0 Å². The zero-order chi connectivity index (χ0) is 19.2. The lowest BCUT2D eigenvalue weighted by Gasteiger charge is -2.14. The molecule has 0 fully saturated rings. The highest BCUT2D eigenvalue weighted by molar-refractivity contribution is 7.11. The highest BCUT2D eigenvalue weighted by Crippen LogP contribution is 2.40. The van der Waals surface area contributed by atoms with Crippen LogP contribution in [0.3, 0.4) is 0 Å². The maximum absolute atomic E-state index is 12.5. The minimum atomic E-state index is -0.273. The number of thiazole rings is 1. The summed E-state index contributed by atoms with van der Waals surface area (Å²) in [5.74, 6) is 1.71. The van der Waals surface area contributed by atoms with Crippen LogP contribution in [0.15, 0.2) is 48.0 Å². The summed E-state index contributed by atoms with van der Waals surface area (Å²) in [4.78, 5) is 16.6.